The number of hydrogen-bond acceptors (Lipinski definition) is 4. The first kappa shape index (κ1) is 25.5. The van der Waals surface area contributed by atoms with Crippen LogP contribution in [0.25, 0.3) is 0 Å². The van der Waals surface area contributed by atoms with E-state index < -0.39 is 0 Å². The van der Waals surface area contributed by atoms with Crippen molar-refractivity contribution in [2.24, 2.45) is 11.3 Å². The maximum atomic E-state index is 13.5. The van der Waals surface area contributed by atoms with Gasteiger partial charge in [-0.15, -0.1) is 11.3 Å². The van der Waals surface area contributed by atoms with E-state index in [1.165, 1.54) is 4.88 Å². The highest BCUT2D eigenvalue weighted by molar-refractivity contribution is 9.10. The molecule has 2 aromatic carbocycles. The van der Waals surface area contributed by atoms with Gasteiger partial charge in [0.15, 0.2) is 0 Å². The molecule has 1 aromatic heterocycles. The zero-order valence-electron chi connectivity index (χ0n) is 20.5. The van der Waals surface area contributed by atoms with Crippen LogP contribution in [0.1, 0.15) is 53.6 Å². The summed E-state index contributed by atoms with van der Waals surface area (Å²) in [6, 6.07) is 15.0. The van der Waals surface area contributed by atoms with E-state index in [2.05, 4.69) is 47.3 Å². The number of benzene rings is 2. The van der Waals surface area contributed by atoms with Crippen LogP contribution >= 0.6 is 27.3 Å². The van der Waals surface area contributed by atoms with Gasteiger partial charge in [-0.3, -0.25) is 9.59 Å². The van der Waals surface area contributed by atoms with Crippen LogP contribution < -0.4 is 15.4 Å². The fraction of sp³-hybridized carbons (Fsp3) is 0.357. The Morgan fingerprint density at radius 3 is 2.46 bits per heavy atom. The molecule has 5 nitrogen and oxygen atoms in total. The number of halogens is 1. The van der Waals surface area contributed by atoms with Crippen LogP contribution in [-0.4, -0.2) is 18.9 Å². The van der Waals surface area contributed by atoms with E-state index in [0.29, 0.717) is 22.2 Å². The molecule has 4 rings (SSSR count). The summed E-state index contributed by atoms with van der Waals surface area (Å²) in [5.41, 5.74) is 3.44. The lowest BCUT2D eigenvalue weighted by molar-refractivity contribution is -0.115. The number of fused-ring (bicyclic) bond motifs is 1. The van der Waals surface area contributed by atoms with Crippen LogP contribution in [0, 0.1) is 11.3 Å². The van der Waals surface area contributed by atoms with Crippen LogP contribution in [0.2, 0.25) is 0 Å². The zero-order chi connectivity index (χ0) is 25.2. The smallest absolute Gasteiger partial charge is 0.258 e. The number of hydrogen-bond donors (Lipinski definition) is 2. The van der Waals surface area contributed by atoms with Crippen LogP contribution in [0.4, 0.5) is 10.7 Å². The average molecular weight is 556 g/mol. The number of para-hydroxylation sites is 1. The second kappa shape index (κ2) is 10.5. The van der Waals surface area contributed by atoms with E-state index in [9.17, 15) is 9.59 Å². The molecule has 35 heavy (non-hydrogen) atoms. The molecule has 7 heteroatoms. The second-order valence-corrected chi connectivity index (χ2v) is 12.0. The molecule has 1 unspecified atom stereocenters. The third-order valence-electron chi connectivity index (χ3n) is 6.62. The quantitative estimate of drug-likeness (QED) is 0.341. The molecule has 184 valence electrons. The summed E-state index contributed by atoms with van der Waals surface area (Å²) in [7, 11) is 1.62. The predicted molar refractivity (Wildman–Crippen MR) is 147 cm³/mol. The Morgan fingerprint density at radius 2 is 1.80 bits per heavy atom. The van der Waals surface area contributed by atoms with Crippen LogP contribution in [0.5, 0.6) is 5.75 Å². The summed E-state index contributed by atoms with van der Waals surface area (Å²) in [5.74, 6) is 0.953. The summed E-state index contributed by atoms with van der Waals surface area (Å²) in [4.78, 5) is 27.7. The van der Waals surface area contributed by atoms with Crippen LogP contribution in [0.15, 0.2) is 53.0 Å². The Balaban J connectivity index is 1.62. The summed E-state index contributed by atoms with van der Waals surface area (Å²) in [5, 5.41) is 6.72. The van der Waals surface area contributed by atoms with Crippen molar-refractivity contribution in [3.05, 3.63) is 74.6 Å². The average Bonchev–Trinajstić information content (AvgIpc) is 3.17. The zero-order valence-corrected chi connectivity index (χ0v) is 22.9. The molecule has 1 heterocycles. The third-order valence-corrected chi connectivity index (χ3v) is 8.48. The number of methoxy groups -OCH3 is 1. The molecule has 0 bridgehead atoms. The van der Waals surface area contributed by atoms with Crippen molar-refractivity contribution in [3.8, 4) is 5.75 Å². The van der Waals surface area contributed by atoms with E-state index in [-0.39, 0.29) is 23.7 Å². The van der Waals surface area contributed by atoms with Gasteiger partial charge in [0.25, 0.3) is 5.91 Å². The lowest BCUT2D eigenvalue weighted by Gasteiger charge is -2.33. The molecular formula is C28H31BrN2O3S. The normalized spacial score (nSPS) is 15.3. The van der Waals surface area contributed by atoms with E-state index in [0.717, 1.165) is 40.6 Å². The van der Waals surface area contributed by atoms with Crippen LogP contribution in [-0.2, 0) is 24.1 Å². The Hall–Kier alpha value is -2.64. The van der Waals surface area contributed by atoms with Gasteiger partial charge in [0.05, 0.1) is 24.8 Å². The number of rotatable bonds is 6. The lowest BCUT2D eigenvalue weighted by atomic mass is 9.72. The van der Waals surface area contributed by atoms with Gasteiger partial charge in [0.2, 0.25) is 5.91 Å². The van der Waals surface area contributed by atoms with Crippen molar-refractivity contribution in [2.45, 2.75) is 46.5 Å². The maximum absolute atomic E-state index is 13.5. The first-order chi connectivity index (χ1) is 16.7. The van der Waals surface area contributed by atoms with Gasteiger partial charge in [-0.05, 0) is 81.9 Å². The summed E-state index contributed by atoms with van der Waals surface area (Å²) in [6.45, 7) is 6.82. The Morgan fingerprint density at radius 1 is 1.09 bits per heavy atom. The molecule has 1 atom stereocenters. The number of amides is 2. The third kappa shape index (κ3) is 5.96. The number of anilines is 2. The summed E-state index contributed by atoms with van der Waals surface area (Å²) >= 11 is 5.05. The molecule has 0 saturated carbocycles. The maximum Gasteiger partial charge on any atom is 0.258 e. The molecule has 0 aliphatic heterocycles. The molecule has 3 aromatic rings. The summed E-state index contributed by atoms with van der Waals surface area (Å²) < 4.78 is 6.02. The SMILES string of the molecule is COc1ccc(CC(=O)Nc2sc3c(c2C(=O)Nc2ccccc2Br)CCC(C(C)(C)C)C3)cc1. The molecule has 1 aliphatic carbocycles. The first-order valence-corrected chi connectivity index (χ1v) is 13.4. The number of nitrogens with one attached hydrogen (secondary N) is 2. The molecule has 1 aliphatic rings. The van der Waals surface area contributed by atoms with Crippen molar-refractivity contribution in [2.75, 3.05) is 17.7 Å². The predicted octanol–water partition coefficient (Wildman–Crippen LogP) is 7.10. The van der Waals surface area contributed by atoms with Gasteiger partial charge in [-0.2, -0.15) is 0 Å². The summed E-state index contributed by atoms with van der Waals surface area (Å²) in [6.07, 6.45) is 3.01. The van der Waals surface area contributed by atoms with Gasteiger partial charge >= 0.3 is 0 Å². The van der Waals surface area contributed by atoms with Crippen molar-refractivity contribution in [1.29, 1.82) is 0 Å². The van der Waals surface area contributed by atoms with E-state index in [4.69, 9.17) is 4.74 Å². The monoisotopic (exact) mass is 554 g/mol. The van der Waals surface area contributed by atoms with Crippen molar-refractivity contribution in [1.82, 2.24) is 0 Å². The fourth-order valence-electron chi connectivity index (χ4n) is 4.50. The highest BCUT2D eigenvalue weighted by Crippen LogP contribution is 2.44. The van der Waals surface area contributed by atoms with Crippen molar-refractivity contribution < 1.29 is 14.3 Å². The fourth-order valence-corrected chi connectivity index (χ4v) is 6.23. The molecule has 2 N–H and O–H groups in total. The minimum absolute atomic E-state index is 0.143. The van der Waals surface area contributed by atoms with Crippen LogP contribution in [0.3, 0.4) is 0 Å². The number of carbonyl (C=O) groups excluding carboxylic acids is 2. The Labute approximate surface area is 219 Å². The van der Waals surface area contributed by atoms with Crippen molar-refractivity contribution >= 4 is 49.8 Å². The van der Waals surface area contributed by atoms with Gasteiger partial charge in [0.1, 0.15) is 10.8 Å². The first-order valence-electron chi connectivity index (χ1n) is 11.8. The Kier molecular flexibility index (Phi) is 7.67. The highest BCUT2D eigenvalue weighted by Gasteiger charge is 2.34. The minimum Gasteiger partial charge on any atom is -0.497 e. The van der Waals surface area contributed by atoms with E-state index in [1.54, 1.807) is 18.4 Å². The molecule has 2 amide bonds. The number of thiophene rings is 1. The molecule has 0 spiro atoms. The standard InChI is InChI=1S/C28H31BrN2O3S/c1-28(2,3)18-11-14-20-23(16-18)35-27(25(20)26(33)30-22-8-6-5-7-21(22)29)31-24(32)15-17-9-12-19(34-4)13-10-17/h5-10,12-13,18H,11,14-16H2,1-4H3,(H,30,33)(H,31,32). The van der Waals surface area contributed by atoms with Gasteiger partial charge in [-0.25, -0.2) is 0 Å². The Bertz CT molecular complexity index is 1230. The van der Waals surface area contributed by atoms with E-state index >= 15 is 0 Å². The lowest BCUT2D eigenvalue weighted by Crippen LogP contribution is -2.27. The van der Waals surface area contributed by atoms with E-state index in [1.807, 2.05) is 48.5 Å². The largest absolute Gasteiger partial charge is 0.497 e. The topological polar surface area (TPSA) is 67.4 Å². The van der Waals surface area contributed by atoms with Crippen molar-refractivity contribution in [3.63, 3.8) is 0 Å². The van der Waals surface area contributed by atoms with Gasteiger partial charge in [0, 0.05) is 9.35 Å². The molecular weight excluding hydrogens is 524 g/mol. The number of ether oxygens (including phenoxy) is 1. The molecule has 0 radical (unpaired) electrons. The van der Waals surface area contributed by atoms with Gasteiger partial charge in [-0.1, -0.05) is 45.0 Å². The molecule has 0 fully saturated rings. The minimum atomic E-state index is -0.191. The van der Waals surface area contributed by atoms with Gasteiger partial charge < -0.3 is 15.4 Å². The molecule has 0 saturated heterocycles. The second-order valence-electron chi connectivity index (χ2n) is 10.0. The number of carbonyl (C=O) groups is 2. The highest BCUT2D eigenvalue weighted by atomic mass is 79.9.